The SMILES string of the molecule is [Pt].[c-]1cccc2c1-c1ccccc1-2. The van der Waals surface area contributed by atoms with Gasteiger partial charge in [0.05, 0.1) is 0 Å². The summed E-state index contributed by atoms with van der Waals surface area (Å²) in [6.07, 6.45) is 0. The zero-order valence-corrected chi connectivity index (χ0v) is 9.13. The molecule has 0 aliphatic heterocycles. The molecule has 0 radical (unpaired) electrons. The molecule has 2 aromatic rings. The molecule has 0 saturated heterocycles. The predicted octanol–water partition coefficient (Wildman–Crippen LogP) is 3.13. The second-order valence-electron chi connectivity index (χ2n) is 3.00. The van der Waals surface area contributed by atoms with Gasteiger partial charge < -0.3 is 0 Å². The second-order valence-corrected chi connectivity index (χ2v) is 3.00. The molecule has 2 aromatic carbocycles. The fourth-order valence-electron chi connectivity index (χ4n) is 1.76. The third-order valence-electron chi connectivity index (χ3n) is 2.34. The van der Waals surface area contributed by atoms with Crippen molar-refractivity contribution < 1.29 is 21.1 Å². The molecule has 13 heavy (non-hydrogen) atoms. The van der Waals surface area contributed by atoms with E-state index in [1.807, 2.05) is 12.1 Å². The summed E-state index contributed by atoms with van der Waals surface area (Å²) < 4.78 is 0. The molecule has 0 fully saturated rings. The van der Waals surface area contributed by atoms with E-state index in [4.69, 9.17) is 0 Å². The van der Waals surface area contributed by atoms with Crippen molar-refractivity contribution in [1.29, 1.82) is 0 Å². The van der Waals surface area contributed by atoms with Gasteiger partial charge in [-0.25, -0.2) is 0 Å². The number of fused-ring (bicyclic) bond motifs is 4. The maximum Gasteiger partial charge on any atom is 0 e. The van der Waals surface area contributed by atoms with E-state index in [-0.39, 0.29) is 21.1 Å². The average Bonchev–Trinajstić information content (AvgIpc) is 2.14. The smallest absolute Gasteiger partial charge is 0 e. The summed E-state index contributed by atoms with van der Waals surface area (Å²) in [7, 11) is 0. The van der Waals surface area contributed by atoms with Gasteiger partial charge in [0.15, 0.2) is 0 Å². The Balaban J connectivity index is 0.000000653. The molecule has 0 saturated carbocycles. The fourth-order valence-corrected chi connectivity index (χ4v) is 1.76. The van der Waals surface area contributed by atoms with Crippen LogP contribution in [-0.4, -0.2) is 0 Å². The van der Waals surface area contributed by atoms with E-state index in [2.05, 4.69) is 36.4 Å². The van der Waals surface area contributed by atoms with Crippen LogP contribution in [0.1, 0.15) is 0 Å². The van der Waals surface area contributed by atoms with Crippen LogP contribution >= 0.6 is 0 Å². The molecule has 1 heteroatoms. The van der Waals surface area contributed by atoms with Crippen LogP contribution in [0.15, 0.2) is 42.5 Å². The van der Waals surface area contributed by atoms with Gasteiger partial charge in [0, 0.05) is 21.1 Å². The molecule has 1 aliphatic rings. The molecular formula is C12H7Pt-. The van der Waals surface area contributed by atoms with Gasteiger partial charge in [-0.2, -0.15) is 0 Å². The first kappa shape index (κ1) is 8.71. The van der Waals surface area contributed by atoms with Gasteiger partial charge in [-0.15, -0.1) is 41.0 Å². The van der Waals surface area contributed by atoms with E-state index in [1.54, 1.807) is 0 Å². The van der Waals surface area contributed by atoms with E-state index in [1.165, 1.54) is 22.3 Å². The molecule has 0 N–H and O–H groups in total. The molecule has 1 aliphatic carbocycles. The molecule has 3 rings (SSSR count). The van der Waals surface area contributed by atoms with E-state index >= 15 is 0 Å². The van der Waals surface area contributed by atoms with Crippen molar-refractivity contribution in [3.8, 4) is 22.3 Å². The minimum Gasteiger partial charge on any atom is -0.147 e. The Morgan fingerprint density at radius 1 is 0.769 bits per heavy atom. The van der Waals surface area contributed by atoms with E-state index in [0.717, 1.165) is 0 Å². The molecule has 0 heterocycles. The molecule has 0 bridgehead atoms. The van der Waals surface area contributed by atoms with Crippen molar-refractivity contribution in [2.75, 3.05) is 0 Å². The molecule has 0 nitrogen and oxygen atoms in total. The van der Waals surface area contributed by atoms with E-state index < -0.39 is 0 Å². The Kier molecular flexibility index (Phi) is 2.09. The summed E-state index contributed by atoms with van der Waals surface area (Å²) in [4.78, 5) is 0. The van der Waals surface area contributed by atoms with Crippen LogP contribution in [-0.2, 0) is 21.1 Å². The summed E-state index contributed by atoms with van der Waals surface area (Å²) in [6.45, 7) is 0. The van der Waals surface area contributed by atoms with E-state index in [0.29, 0.717) is 0 Å². The van der Waals surface area contributed by atoms with Crippen molar-refractivity contribution in [1.82, 2.24) is 0 Å². The monoisotopic (exact) mass is 346 g/mol. The van der Waals surface area contributed by atoms with Crippen LogP contribution in [0.2, 0.25) is 0 Å². The third kappa shape index (κ3) is 1.09. The molecule has 0 amide bonds. The quantitative estimate of drug-likeness (QED) is 0.549. The maximum atomic E-state index is 3.24. The van der Waals surface area contributed by atoms with Crippen molar-refractivity contribution in [2.45, 2.75) is 0 Å². The number of benzene rings is 2. The Bertz CT molecular complexity index is 346. The first-order valence-corrected chi connectivity index (χ1v) is 4.07. The first-order chi connectivity index (χ1) is 5.97. The van der Waals surface area contributed by atoms with Gasteiger partial charge in [0.25, 0.3) is 0 Å². The van der Waals surface area contributed by atoms with Gasteiger partial charge in [-0.1, -0.05) is 29.8 Å². The fraction of sp³-hybridized carbons (Fsp3) is 0. The summed E-state index contributed by atoms with van der Waals surface area (Å²) in [5.74, 6) is 0. The summed E-state index contributed by atoms with van der Waals surface area (Å²) in [5.41, 5.74) is 5.32. The largest absolute Gasteiger partial charge is 0.147 e. The molecule has 0 aromatic heterocycles. The Labute approximate surface area is 91.9 Å². The number of rotatable bonds is 0. The van der Waals surface area contributed by atoms with Gasteiger partial charge in [0.2, 0.25) is 0 Å². The van der Waals surface area contributed by atoms with Crippen molar-refractivity contribution in [3.05, 3.63) is 48.5 Å². The van der Waals surface area contributed by atoms with Crippen molar-refractivity contribution in [2.24, 2.45) is 0 Å². The molecular weight excluding hydrogens is 339 g/mol. The van der Waals surface area contributed by atoms with Gasteiger partial charge in [-0.3, -0.25) is 0 Å². The van der Waals surface area contributed by atoms with Crippen molar-refractivity contribution in [3.63, 3.8) is 0 Å². The Hall–Kier alpha value is -0.872. The summed E-state index contributed by atoms with van der Waals surface area (Å²) in [5, 5.41) is 0. The van der Waals surface area contributed by atoms with Crippen molar-refractivity contribution >= 4 is 0 Å². The van der Waals surface area contributed by atoms with Crippen LogP contribution < -0.4 is 0 Å². The normalized spacial score (nSPS) is 10.5. The zero-order valence-electron chi connectivity index (χ0n) is 6.86. The van der Waals surface area contributed by atoms with Gasteiger partial charge in [0.1, 0.15) is 0 Å². The van der Waals surface area contributed by atoms with Gasteiger partial charge >= 0.3 is 0 Å². The first-order valence-electron chi connectivity index (χ1n) is 4.07. The second kappa shape index (κ2) is 3.12. The van der Waals surface area contributed by atoms with Crippen LogP contribution in [0.4, 0.5) is 0 Å². The topological polar surface area (TPSA) is 0 Å². The Morgan fingerprint density at radius 3 is 2.31 bits per heavy atom. The molecule has 0 unspecified atom stereocenters. The maximum absolute atomic E-state index is 3.24. The summed E-state index contributed by atoms with van der Waals surface area (Å²) >= 11 is 0. The standard InChI is InChI=1S/C12H7.Pt/c1-2-6-10-9(5-1)11-7-3-4-8-12(10)11;/h1-7H;/q-1;. The van der Waals surface area contributed by atoms with Crippen LogP contribution in [0.3, 0.4) is 0 Å². The minimum absolute atomic E-state index is 0. The van der Waals surface area contributed by atoms with Crippen LogP contribution in [0, 0.1) is 6.07 Å². The third-order valence-corrected chi connectivity index (χ3v) is 2.34. The average molecular weight is 346 g/mol. The number of hydrogen-bond acceptors (Lipinski definition) is 0. The van der Waals surface area contributed by atoms with E-state index in [9.17, 15) is 0 Å². The van der Waals surface area contributed by atoms with Gasteiger partial charge in [-0.05, 0) is 0 Å². The van der Waals surface area contributed by atoms with Crippen LogP contribution in [0.25, 0.3) is 22.3 Å². The molecule has 0 spiro atoms. The number of hydrogen-bond donors (Lipinski definition) is 0. The Morgan fingerprint density at radius 2 is 1.46 bits per heavy atom. The van der Waals surface area contributed by atoms with Crippen LogP contribution in [0.5, 0.6) is 0 Å². The molecule has 66 valence electrons. The summed E-state index contributed by atoms with van der Waals surface area (Å²) in [6, 6.07) is 17.8. The minimum atomic E-state index is 0. The predicted molar refractivity (Wildman–Crippen MR) is 49.7 cm³/mol. The molecule has 0 atom stereocenters. The zero-order chi connectivity index (χ0) is 7.97.